The smallest absolute Gasteiger partial charge is 0.130 e. The van der Waals surface area contributed by atoms with Crippen LogP contribution in [0.15, 0.2) is 27.9 Å². The molecule has 70 valence electrons. The first-order valence-corrected chi connectivity index (χ1v) is 5.06. The average Bonchev–Trinajstić information content (AvgIpc) is 2.32. The lowest BCUT2D eigenvalue weighted by Gasteiger charge is -2.03. The van der Waals surface area contributed by atoms with Gasteiger partial charge < -0.3 is 5.73 Å². The first kappa shape index (κ1) is 8.54. The van der Waals surface area contributed by atoms with Crippen molar-refractivity contribution in [3.63, 3.8) is 0 Å². The monoisotopic (exact) mass is 176 g/mol. The molecule has 0 saturated heterocycles. The molecule has 0 aromatic rings. The molecule has 0 saturated carbocycles. The van der Waals surface area contributed by atoms with Gasteiger partial charge in [-0.15, -0.1) is 0 Å². The number of hydrogen-bond donors (Lipinski definition) is 1. The van der Waals surface area contributed by atoms with Crippen LogP contribution in [0.2, 0.25) is 0 Å². The van der Waals surface area contributed by atoms with E-state index in [1.165, 1.54) is 42.5 Å². The van der Waals surface area contributed by atoms with Crippen LogP contribution in [0.5, 0.6) is 0 Å². The fraction of sp³-hybridized carbons (Fsp3) is 0.545. The van der Waals surface area contributed by atoms with Gasteiger partial charge in [-0.25, -0.2) is 4.99 Å². The van der Waals surface area contributed by atoms with Crippen LogP contribution in [-0.4, -0.2) is 5.84 Å². The van der Waals surface area contributed by atoms with Crippen molar-refractivity contribution < 1.29 is 0 Å². The van der Waals surface area contributed by atoms with Gasteiger partial charge in [-0.2, -0.15) is 0 Å². The Morgan fingerprint density at radius 3 is 2.77 bits per heavy atom. The second-order valence-electron chi connectivity index (χ2n) is 3.69. The van der Waals surface area contributed by atoms with Gasteiger partial charge in [-0.3, -0.25) is 0 Å². The molecule has 2 N–H and O–H groups in total. The minimum Gasteiger partial charge on any atom is -0.383 e. The SMILES string of the molecule is C/C=C1\C(N)=NC2=C1CCCCC2. The van der Waals surface area contributed by atoms with Gasteiger partial charge >= 0.3 is 0 Å². The summed E-state index contributed by atoms with van der Waals surface area (Å²) in [7, 11) is 0. The van der Waals surface area contributed by atoms with E-state index in [1.807, 2.05) is 6.92 Å². The average molecular weight is 176 g/mol. The highest BCUT2D eigenvalue weighted by Gasteiger charge is 2.21. The summed E-state index contributed by atoms with van der Waals surface area (Å²) in [5, 5.41) is 0. The zero-order valence-electron chi connectivity index (χ0n) is 8.14. The fourth-order valence-electron chi connectivity index (χ4n) is 2.16. The van der Waals surface area contributed by atoms with Gasteiger partial charge in [0, 0.05) is 11.3 Å². The van der Waals surface area contributed by atoms with Crippen molar-refractivity contribution in [2.24, 2.45) is 10.7 Å². The van der Waals surface area contributed by atoms with Crippen molar-refractivity contribution >= 4 is 5.84 Å². The van der Waals surface area contributed by atoms with Crippen molar-refractivity contribution in [3.05, 3.63) is 22.9 Å². The number of aliphatic imine (C=N–C) groups is 1. The molecule has 2 aliphatic rings. The maximum absolute atomic E-state index is 5.84. The molecule has 13 heavy (non-hydrogen) atoms. The molecule has 0 spiro atoms. The second kappa shape index (κ2) is 3.36. The van der Waals surface area contributed by atoms with Crippen LogP contribution < -0.4 is 5.73 Å². The van der Waals surface area contributed by atoms with E-state index in [0.717, 1.165) is 12.3 Å². The van der Waals surface area contributed by atoms with E-state index in [2.05, 4.69) is 11.1 Å². The number of rotatable bonds is 0. The molecule has 2 nitrogen and oxygen atoms in total. The molecule has 0 radical (unpaired) electrons. The molecule has 1 aliphatic carbocycles. The highest BCUT2D eigenvalue weighted by molar-refractivity contribution is 6.04. The van der Waals surface area contributed by atoms with Gasteiger partial charge in [-0.05, 0) is 38.2 Å². The Bertz CT molecular complexity index is 300. The topological polar surface area (TPSA) is 38.4 Å². The Morgan fingerprint density at radius 2 is 2.00 bits per heavy atom. The van der Waals surface area contributed by atoms with Crippen LogP contribution >= 0.6 is 0 Å². The maximum atomic E-state index is 5.84. The van der Waals surface area contributed by atoms with Gasteiger partial charge in [0.2, 0.25) is 0 Å². The Morgan fingerprint density at radius 1 is 1.23 bits per heavy atom. The Labute approximate surface area is 79.2 Å². The van der Waals surface area contributed by atoms with Gasteiger partial charge in [-0.1, -0.05) is 12.5 Å². The molecule has 0 amide bonds. The van der Waals surface area contributed by atoms with Gasteiger partial charge in [0.1, 0.15) is 5.84 Å². The zero-order valence-corrected chi connectivity index (χ0v) is 8.14. The lowest BCUT2D eigenvalue weighted by Crippen LogP contribution is -2.12. The van der Waals surface area contributed by atoms with E-state index in [-0.39, 0.29) is 0 Å². The summed E-state index contributed by atoms with van der Waals surface area (Å²) < 4.78 is 0. The third-order valence-electron chi connectivity index (χ3n) is 2.83. The predicted octanol–water partition coefficient (Wildman–Crippen LogP) is 2.52. The van der Waals surface area contributed by atoms with Gasteiger partial charge in [0.05, 0.1) is 0 Å². The van der Waals surface area contributed by atoms with E-state index in [0.29, 0.717) is 0 Å². The van der Waals surface area contributed by atoms with E-state index >= 15 is 0 Å². The van der Waals surface area contributed by atoms with E-state index < -0.39 is 0 Å². The molecule has 0 fully saturated rings. The standard InChI is InChI=1S/C11H16N2/c1-2-8-9-6-4-3-5-7-10(9)13-11(8)12/h2H,3-7H2,1H3,(H2,12,13)/b8-2-. The summed E-state index contributed by atoms with van der Waals surface area (Å²) in [5.41, 5.74) is 9.70. The van der Waals surface area contributed by atoms with E-state index in [1.54, 1.807) is 0 Å². The summed E-state index contributed by atoms with van der Waals surface area (Å²) in [5.74, 6) is 0.731. The lowest BCUT2D eigenvalue weighted by atomic mass is 10.0. The summed E-state index contributed by atoms with van der Waals surface area (Å²) in [4.78, 5) is 4.43. The Kier molecular flexibility index (Phi) is 2.21. The fourth-order valence-corrected chi connectivity index (χ4v) is 2.16. The summed E-state index contributed by atoms with van der Waals surface area (Å²) in [6.07, 6.45) is 8.27. The first-order valence-electron chi connectivity index (χ1n) is 5.06. The van der Waals surface area contributed by atoms with Gasteiger partial charge in [0.15, 0.2) is 0 Å². The van der Waals surface area contributed by atoms with E-state index in [4.69, 9.17) is 5.73 Å². The lowest BCUT2D eigenvalue weighted by molar-refractivity contribution is 0.705. The quantitative estimate of drug-likeness (QED) is 0.605. The summed E-state index contributed by atoms with van der Waals surface area (Å²) >= 11 is 0. The molecule has 2 rings (SSSR count). The molecule has 2 heteroatoms. The molecule has 0 aromatic carbocycles. The van der Waals surface area contributed by atoms with Crippen molar-refractivity contribution in [1.29, 1.82) is 0 Å². The highest BCUT2D eigenvalue weighted by Crippen LogP contribution is 2.33. The largest absolute Gasteiger partial charge is 0.383 e. The van der Waals surface area contributed by atoms with Crippen LogP contribution in [0, 0.1) is 0 Å². The Hall–Kier alpha value is -1.05. The maximum Gasteiger partial charge on any atom is 0.130 e. The summed E-state index contributed by atoms with van der Waals surface area (Å²) in [6.45, 7) is 2.04. The molecular formula is C11H16N2. The number of allylic oxidation sites excluding steroid dienone is 2. The molecule has 1 aliphatic heterocycles. The minimum atomic E-state index is 0.731. The molecule has 0 bridgehead atoms. The first-order chi connectivity index (χ1) is 6.33. The molecule has 1 heterocycles. The zero-order chi connectivity index (χ0) is 9.26. The van der Waals surface area contributed by atoms with Crippen LogP contribution in [-0.2, 0) is 0 Å². The third kappa shape index (κ3) is 1.41. The number of hydrogen-bond acceptors (Lipinski definition) is 2. The van der Waals surface area contributed by atoms with Crippen LogP contribution in [0.4, 0.5) is 0 Å². The van der Waals surface area contributed by atoms with Crippen molar-refractivity contribution in [3.8, 4) is 0 Å². The normalized spacial score (nSPS) is 25.9. The van der Waals surface area contributed by atoms with E-state index in [9.17, 15) is 0 Å². The van der Waals surface area contributed by atoms with Crippen molar-refractivity contribution in [2.45, 2.75) is 39.0 Å². The second-order valence-corrected chi connectivity index (χ2v) is 3.69. The van der Waals surface area contributed by atoms with Crippen LogP contribution in [0.1, 0.15) is 39.0 Å². The van der Waals surface area contributed by atoms with Gasteiger partial charge in [0.25, 0.3) is 0 Å². The number of nitrogens with zero attached hydrogens (tertiary/aromatic N) is 1. The number of amidine groups is 1. The highest BCUT2D eigenvalue weighted by atomic mass is 14.9. The molecule has 0 aromatic heterocycles. The minimum absolute atomic E-state index is 0.731. The number of nitrogens with two attached hydrogens (primary N) is 1. The van der Waals surface area contributed by atoms with Crippen LogP contribution in [0.25, 0.3) is 0 Å². The molecular weight excluding hydrogens is 160 g/mol. The summed E-state index contributed by atoms with van der Waals surface area (Å²) in [6, 6.07) is 0. The third-order valence-corrected chi connectivity index (χ3v) is 2.83. The van der Waals surface area contributed by atoms with Crippen molar-refractivity contribution in [1.82, 2.24) is 0 Å². The van der Waals surface area contributed by atoms with Crippen molar-refractivity contribution in [2.75, 3.05) is 0 Å². The predicted molar refractivity (Wildman–Crippen MR) is 55.5 cm³/mol. The van der Waals surface area contributed by atoms with Crippen LogP contribution in [0.3, 0.4) is 0 Å². The molecule has 0 atom stereocenters. The Balaban J connectivity index is 2.35. The molecule has 0 unspecified atom stereocenters.